The molecular weight excluding hydrogens is 392 g/mol. The Morgan fingerprint density at radius 2 is 1.93 bits per heavy atom. The number of halogens is 2. The van der Waals surface area contributed by atoms with Gasteiger partial charge < -0.3 is 4.74 Å². The second-order valence-corrected chi connectivity index (χ2v) is 8.32. The van der Waals surface area contributed by atoms with Crippen molar-refractivity contribution in [3.05, 3.63) is 52.8 Å². The number of fused-ring (bicyclic) bond motifs is 1. The summed E-state index contributed by atoms with van der Waals surface area (Å²) < 4.78 is 57.9. The first-order valence-corrected chi connectivity index (χ1v) is 9.94. The lowest BCUT2D eigenvalue weighted by Crippen LogP contribution is -2.19. The largest absolute Gasteiger partial charge is 0.435 e. The number of hydrogen-bond donors (Lipinski definition) is 2. The maximum absolute atomic E-state index is 12.6. The topological polar surface area (TPSA) is 93.2 Å². The molecule has 7 nitrogen and oxygen atoms in total. The van der Waals surface area contributed by atoms with Crippen molar-refractivity contribution in [3.63, 3.8) is 0 Å². The fraction of sp³-hybridized carbons (Fsp3) is 0.278. The number of ether oxygens (including phenoxy) is 1. The van der Waals surface area contributed by atoms with Crippen LogP contribution in [0.3, 0.4) is 0 Å². The molecule has 0 saturated heterocycles. The van der Waals surface area contributed by atoms with Crippen LogP contribution in [0.2, 0.25) is 0 Å². The van der Waals surface area contributed by atoms with E-state index in [1.54, 1.807) is 6.07 Å². The molecule has 1 heterocycles. The number of nitrogens with one attached hydrogen (secondary N) is 2. The van der Waals surface area contributed by atoms with Gasteiger partial charge in [-0.3, -0.25) is 19.3 Å². The summed E-state index contributed by atoms with van der Waals surface area (Å²) in [5, 5.41) is 3.33. The average Bonchev–Trinajstić information content (AvgIpc) is 2.89. The third-order valence-corrected chi connectivity index (χ3v) is 5.27. The molecule has 0 bridgehead atoms. The molecule has 0 aliphatic carbocycles. The molecule has 0 fully saturated rings. The number of H-pyrrole nitrogens is 1. The zero-order valence-corrected chi connectivity index (χ0v) is 16.0. The second kappa shape index (κ2) is 7.63. The van der Waals surface area contributed by atoms with Gasteiger partial charge in [-0.2, -0.15) is 8.78 Å². The third kappa shape index (κ3) is 4.33. The fourth-order valence-corrected chi connectivity index (χ4v) is 3.83. The van der Waals surface area contributed by atoms with Crippen molar-refractivity contribution in [1.82, 2.24) is 9.78 Å². The van der Waals surface area contributed by atoms with E-state index in [0.29, 0.717) is 17.4 Å². The van der Waals surface area contributed by atoms with E-state index in [0.717, 1.165) is 6.07 Å². The first kappa shape index (κ1) is 19.9. The highest BCUT2D eigenvalue weighted by molar-refractivity contribution is 7.92. The number of hydrogen-bond acceptors (Lipinski definition) is 4. The predicted octanol–water partition coefficient (Wildman–Crippen LogP) is 3.39. The number of aromatic amines is 1. The van der Waals surface area contributed by atoms with Crippen LogP contribution in [-0.4, -0.2) is 24.8 Å². The van der Waals surface area contributed by atoms with Crippen molar-refractivity contribution in [1.29, 1.82) is 0 Å². The molecule has 0 spiro atoms. The van der Waals surface area contributed by atoms with Crippen LogP contribution in [0.25, 0.3) is 10.9 Å². The van der Waals surface area contributed by atoms with Gasteiger partial charge in [0.05, 0.1) is 15.8 Å². The second-order valence-electron chi connectivity index (χ2n) is 6.64. The Labute approximate surface area is 160 Å². The van der Waals surface area contributed by atoms with Gasteiger partial charge in [-0.25, -0.2) is 8.42 Å². The summed E-state index contributed by atoms with van der Waals surface area (Å²) in [5.74, 6) is -0.0120. The Morgan fingerprint density at radius 3 is 2.61 bits per heavy atom. The summed E-state index contributed by atoms with van der Waals surface area (Å²) in [7, 11) is -4.06. The fourth-order valence-electron chi connectivity index (χ4n) is 2.75. The monoisotopic (exact) mass is 411 g/mol. The van der Waals surface area contributed by atoms with Crippen LogP contribution in [0.1, 0.15) is 13.8 Å². The predicted molar refractivity (Wildman–Crippen MR) is 101 cm³/mol. The van der Waals surface area contributed by atoms with Gasteiger partial charge >= 0.3 is 6.61 Å². The Hall–Kier alpha value is -2.88. The van der Waals surface area contributed by atoms with Crippen LogP contribution in [0.5, 0.6) is 5.75 Å². The van der Waals surface area contributed by atoms with Crippen LogP contribution in [0.15, 0.2) is 52.2 Å². The van der Waals surface area contributed by atoms with E-state index in [-0.39, 0.29) is 27.8 Å². The maximum atomic E-state index is 12.6. The lowest BCUT2D eigenvalue weighted by Gasteiger charge is -2.10. The summed E-state index contributed by atoms with van der Waals surface area (Å²) in [6.07, 6.45) is 0. The molecule has 10 heteroatoms. The van der Waals surface area contributed by atoms with Gasteiger partial charge in [-0.1, -0.05) is 19.9 Å². The summed E-state index contributed by atoms with van der Waals surface area (Å²) >= 11 is 0. The highest BCUT2D eigenvalue weighted by Gasteiger charge is 2.17. The van der Waals surface area contributed by atoms with Gasteiger partial charge in [0.15, 0.2) is 0 Å². The first-order chi connectivity index (χ1) is 13.2. The van der Waals surface area contributed by atoms with E-state index in [4.69, 9.17) is 0 Å². The molecule has 0 radical (unpaired) electrons. The SMILES string of the molecule is CC(C)Cn1[nH]c2ccc(NS(=O)(=O)c3cccc(OC(F)F)c3)cc2c1=O. The number of anilines is 1. The molecule has 28 heavy (non-hydrogen) atoms. The van der Waals surface area contributed by atoms with Crippen LogP contribution in [0, 0.1) is 5.92 Å². The molecule has 0 saturated carbocycles. The van der Waals surface area contributed by atoms with Crippen molar-refractivity contribution in [3.8, 4) is 5.75 Å². The average molecular weight is 411 g/mol. The van der Waals surface area contributed by atoms with Crippen LogP contribution in [-0.2, 0) is 16.6 Å². The first-order valence-electron chi connectivity index (χ1n) is 8.46. The lowest BCUT2D eigenvalue weighted by atomic mass is 10.2. The van der Waals surface area contributed by atoms with Gasteiger partial charge in [0.2, 0.25) is 0 Å². The van der Waals surface area contributed by atoms with Crippen LogP contribution >= 0.6 is 0 Å². The number of aromatic nitrogens is 2. The highest BCUT2D eigenvalue weighted by Crippen LogP contribution is 2.23. The molecule has 0 unspecified atom stereocenters. The lowest BCUT2D eigenvalue weighted by molar-refractivity contribution is -0.0499. The minimum atomic E-state index is -4.06. The van der Waals surface area contributed by atoms with Crippen molar-refractivity contribution in [2.24, 2.45) is 5.92 Å². The summed E-state index contributed by atoms with van der Waals surface area (Å²) in [6.45, 7) is 1.40. The standard InChI is InChI=1S/C18H19F2N3O4S/c1-11(2)10-23-17(24)15-8-12(6-7-16(15)21-23)22-28(25,26)14-5-3-4-13(9-14)27-18(19)20/h3-9,11,18,21-22H,10H2,1-2H3. The van der Waals surface area contributed by atoms with Crippen molar-refractivity contribution in [2.45, 2.75) is 31.9 Å². The minimum Gasteiger partial charge on any atom is -0.435 e. The Morgan fingerprint density at radius 1 is 1.18 bits per heavy atom. The van der Waals surface area contributed by atoms with Gasteiger partial charge in [-0.15, -0.1) is 0 Å². The van der Waals surface area contributed by atoms with Crippen LogP contribution < -0.4 is 15.0 Å². The van der Waals surface area contributed by atoms with Gasteiger partial charge in [0.1, 0.15) is 5.75 Å². The number of sulfonamides is 1. The Bertz CT molecular complexity index is 1150. The smallest absolute Gasteiger partial charge is 0.387 e. The summed E-state index contributed by atoms with van der Waals surface area (Å²) in [4.78, 5) is 12.2. The van der Waals surface area contributed by atoms with E-state index < -0.39 is 16.6 Å². The van der Waals surface area contributed by atoms with E-state index in [1.807, 2.05) is 13.8 Å². The molecule has 2 N–H and O–H groups in total. The molecule has 0 aliphatic heterocycles. The van der Waals surface area contributed by atoms with Gasteiger partial charge in [-0.05, 0) is 36.2 Å². The van der Waals surface area contributed by atoms with E-state index in [2.05, 4.69) is 14.6 Å². The summed E-state index contributed by atoms with van der Waals surface area (Å²) in [6, 6.07) is 9.32. The molecule has 0 amide bonds. The molecule has 2 aromatic carbocycles. The normalized spacial score (nSPS) is 12.1. The number of benzene rings is 2. The molecular formula is C18H19F2N3O4S. The Kier molecular flexibility index (Phi) is 5.41. The van der Waals surface area contributed by atoms with E-state index in [9.17, 15) is 22.0 Å². The zero-order chi connectivity index (χ0) is 20.5. The molecule has 0 aliphatic rings. The van der Waals surface area contributed by atoms with Gasteiger partial charge in [0, 0.05) is 18.3 Å². The Balaban J connectivity index is 1.91. The maximum Gasteiger partial charge on any atom is 0.387 e. The van der Waals surface area contributed by atoms with Crippen LogP contribution in [0.4, 0.5) is 14.5 Å². The molecule has 1 aromatic heterocycles. The van der Waals surface area contributed by atoms with Crippen molar-refractivity contribution >= 4 is 26.6 Å². The molecule has 3 aromatic rings. The molecule has 150 valence electrons. The zero-order valence-electron chi connectivity index (χ0n) is 15.1. The minimum absolute atomic E-state index is 0.181. The van der Waals surface area contributed by atoms with Crippen molar-refractivity contribution in [2.75, 3.05) is 4.72 Å². The quantitative estimate of drug-likeness (QED) is 0.623. The molecule has 3 rings (SSSR count). The molecule has 0 atom stereocenters. The number of alkyl halides is 2. The number of rotatable bonds is 7. The third-order valence-electron chi connectivity index (χ3n) is 3.89. The summed E-state index contributed by atoms with van der Waals surface area (Å²) in [5.41, 5.74) is 0.512. The number of nitrogens with zero attached hydrogens (tertiary/aromatic N) is 1. The van der Waals surface area contributed by atoms with Crippen molar-refractivity contribution < 1.29 is 21.9 Å². The van der Waals surface area contributed by atoms with E-state index >= 15 is 0 Å². The highest BCUT2D eigenvalue weighted by atomic mass is 32.2. The van der Waals surface area contributed by atoms with E-state index in [1.165, 1.54) is 35.0 Å². The van der Waals surface area contributed by atoms with Gasteiger partial charge in [0.25, 0.3) is 15.6 Å².